The summed E-state index contributed by atoms with van der Waals surface area (Å²) >= 11 is 0. The molecule has 0 aromatic carbocycles. The summed E-state index contributed by atoms with van der Waals surface area (Å²) in [5, 5.41) is 4.35. The topological polar surface area (TPSA) is 54.4 Å². The molecule has 0 spiro atoms. The molecule has 1 saturated carbocycles. The first kappa shape index (κ1) is 14.4. The van der Waals surface area contributed by atoms with Crippen LogP contribution in [-0.4, -0.2) is 16.6 Å². The number of amides is 1. The Hall–Kier alpha value is -1.97. The second kappa shape index (κ2) is 6.46. The molecule has 1 aliphatic rings. The molecule has 4 nitrogen and oxygen atoms in total. The average Bonchev–Trinajstić information content (AvgIpc) is 2.45. The number of hydrogen-bond donors (Lipinski definition) is 1. The summed E-state index contributed by atoms with van der Waals surface area (Å²) in [4.78, 5) is 15.9. The number of carbonyl (C=O) groups is 1. The van der Waals surface area contributed by atoms with Crippen LogP contribution < -0.4 is 5.43 Å². The fourth-order valence-corrected chi connectivity index (χ4v) is 2.43. The standard InChI is InChI=1S/C16H21N3O/c1-11(2)14-5-4-12(3)10-15(14)18-19-16(20)13-6-8-17-9-7-13/h6-9,12H,4-5,10H2,1-3H3,(H,19,20)/b18-15-. The third-order valence-electron chi connectivity index (χ3n) is 3.62. The number of rotatable bonds is 2. The molecule has 1 N–H and O–H groups in total. The smallest absolute Gasteiger partial charge is 0.267 e. The second-order valence-corrected chi connectivity index (χ2v) is 5.56. The molecular formula is C16H21N3O. The molecule has 0 saturated heterocycles. The van der Waals surface area contributed by atoms with Crippen molar-refractivity contribution < 1.29 is 4.79 Å². The molecule has 20 heavy (non-hydrogen) atoms. The van der Waals surface area contributed by atoms with Gasteiger partial charge in [0.15, 0.2) is 0 Å². The highest BCUT2D eigenvalue weighted by molar-refractivity contribution is 6.03. The zero-order valence-corrected chi connectivity index (χ0v) is 12.3. The first-order valence-electron chi connectivity index (χ1n) is 7.01. The van der Waals surface area contributed by atoms with Gasteiger partial charge in [-0.05, 0) is 56.7 Å². The van der Waals surface area contributed by atoms with Crippen LogP contribution in [0, 0.1) is 5.92 Å². The van der Waals surface area contributed by atoms with E-state index < -0.39 is 0 Å². The van der Waals surface area contributed by atoms with Gasteiger partial charge in [0.2, 0.25) is 0 Å². The normalized spacial score (nSPS) is 20.9. The Morgan fingerprint density at radius 2 is 2.05 bits per heavy atom. The summed E-state index contributed by atoms with van der Waals surface area (Å²) < 4.78 is 0. The van der Waals surface area contributed by atoms with E-state index in [0.717, 1.165) is 18.6 Å². The SMILES string of the molecule is CC(C)=C1CCC(C)C/C1=N/NC(=O)c1ccncc1. The van der Waals surface area contributed by atoms with Crippen LogP contribution in [0.3, 0.4) is 0 Å². The van der Waals surface area contributed by atoms with Crippen molar-refractivity contribution in [2.24, 2.45) is 11.0 Å². The van der Waals surface area contributed by atoms with Crippen LogP contribution in [0.5, 0.6) is 0 Å². The summed E-state index contributed by atoms with van der Waals surface area (Å²) in [5.41, 5.74) is 6.83. The number of carbonyl (C=O) groups excluding carboxylic acids is 1. The Kier molecular flexibility index (Phi) is 4.66. The average molecular weight is 271 g/mol. The molecule has 4 heteroatoms. The molecule has 2 rings (SSSR count). The van der Waals surface area contributed by atoms with E-state index in [1.165, 1.54) is 17.6 Å². The number of aromatic nitrogens is 1. The molecule has 106 valence electrons. The molecule has 1 fully saturated rings. The maximum atomic E-state index is 12.0. The van der Waals surface area contributed by atoms with Crippen LogP contribution >= 0.6 is 0 Å². The van der Waals surface area contributed by atoms with E-state index in [4.69, 9.17) is 0 Å². The first-order chi connectivity index (χ1) is 9.58. The van der Waals surface area contributed by atoms with Crippen molar-refractivity contribution in [3.63, 3.8) is 0 Å². The van der Waals surface area contributed by atoms with Crippen LogP contribution in [0.15, 0.2) is 40.8 Å². The summed E-state index contributed by atoms with van der Waals surface area (Å²) in [6.07, 6.45) is 6.38. The Bertz CT molecular complexity index is 542. The van der Waals surface area contributed by atoms with Gasteiger partial charge in [0.05, 0.1) is 5.71 Å². The van der Waals surface area contributed by atoms with E-state index >= 15 is 0 Å². The zero-order chi connectivity index (χ0) is 14.5. The van der Waals surface area contributed by atoms with Gasteiger partial charge in [0, 0.05) is 18.0 Å². The van der Waals surface area contributed by atoms with Gasteiger partial charge in [-0.25, -0.2) is 5.43 Å². The summed E-state index contributed by atoms with van der Waals surface area (Å²) in [5.74, 6) is 0.431. The molecule has 1 atom stereocenters. The van der Waals surface area contributed by atoms with E-state index in [9.17, 15) is 4.79 Å². The number of hydrogen-bond acceptors (Lipinski definition) is 3. The fraction of sp³-hybridized carbons (Fsp3) is 0.438. The van der Waals surface area contributed by atoms with Gasteiger partial charge in [-0.1, -0.05) is 12.5 Å². The highest BCUT2D eigenvalue weighted by Crippen LogP contribution is 2.27. The molecule has 1 aliphatic carbocycles. The van der Waals surface area contributed by atoms with Crippen molar-refractivity contribution in [2.75, 3.05) is 0 Å². The third kappa shape index (κ3) is 3.53. The zero-order valence-electron chi connectivity index (χ0n) is 12.3. The highest BCUT2D eigenvalue weighted by Gasteiger charge is 2.20. The minimum absolute atomic E-state index is 0.189. The van der Waals surface area contributed by atoms with E-state index in [0.29, 0.717) is 11.5 Å². The largest absolute Gasteiger partial charge is 0.271 e. The van der Waals surface area contributed by atoms with E-state index in [2.05, 4.69) is 36.3 Å². The van der Waals surface area contributed by atoms with Crippen molar-refractivity contribution in [1.29, 1.82) is 0 Å². The minimum Gasteiger partial charge on any atom is -0.267 e. The van der Waals surface area contributed by atoms with Gasteiger partial charge < -0.3 is 0 Å². The van der Waals surface area contributed by atoms with Crippen LogP contribution in [0.25, 0.3) is 0 Å². The Labute approximate surface area is 120 Å². The minimum atomic E-state index is -0.189. The predicted molar refractivity (Wildman–Crippen MR) is 80.5 cm³/mol. The van der Waals surface area contributed by atoms with Gasteiger partial charge >= 0.3 is 0 Å². The molecule has 1 amide bonds. The van der Waals surface area contributed by atoms with Crippen LogP contribution in [-0.2, 0) is 0 Å². The predicted octanol–water partition coefficient (Wildman–Crippen LogP) is 3.32. The summed E-state index contributed by atoms with van der Waals surface area (Å²) in [6.45, 7) is 6.43. The van der Waals surface area contributed by atoms with Crippen LogP contribution in [0.4, 0.5) is 0 Å². The molecule has 1 aromatic heterocycles. The monoisotopic (exact) mass is 271 g/mol. The molecule has 1 unspecified atom stereocenters. The lowest BCUT2D eigenvalue weighted by atomic mass is 9.83. The second-order valence-electron chi connectivity index (χ2n) is 5.56. The molecule has 0 aliphatic heterocycles. The number of nitrogens with one attached hydrogen (secondary N) is 1. The lowest BCUT2D eigenvalue weighted by Gasteiger charge is -2.23. The van der Waals surface area contributed by atoms with Gasteiger partial charge in [-0.3, -0.25) is 9.78 Å². The van der Waals surface area contributed by atoms with E-state index in [1.54, 1.807) is 24.5 Å². The number of allylic oxidation sites excluding steroid dienone is 2. The Morgan fingerprint density at radius 1 is 1.35 bits per heavy atom. The van der Waals surface area contributed by atoms with Crippen LogP contribution in [0.1, 0.15) is 50.4 Å². The summed E-state index contributed by atoms with van der Waals surface area (Å²) in [6, 6.07) is 3.36. The molecular weight excluding hydrogens is 250 g/mol. The van der Waals surface area contributed by atoms with E-state index in [1.807, 2.05) is 0 Å². The number of pyridine rings is 1. The van der Waals surface area contributed by atoms with Crippen molar-refractivity contribution in [3.05, 3.63) is 41.2 Å². The Balaban J connectivity index is 2.13. The van der Waals surface area contributed by atoms with Crippen molar-refractivity contribution in [3.8, 4) is 0 Å². The van der Waals surface area contributed by atoms with Crippen LogP contribution in [0.2, 0.25) is 0 Å². The van der Waals surface area contributed by atoms with Crippen molar-refractivity contribution in [2.45, 2.75) is 40.0 Å². The molecule has 0 bridgehead atoms. The highest BCUT2D eigenvalue weighted by atomic mass is 16.2. The molecule has 1 aromatic rings. The number of hydrazone groups is 1. The lowest BCUT2D eigenvalue weighted by molar-refractivity contribution is 0.0954. The van der Waals surface area contributed by atoms with Gasteiger partial charge in [-0.2, -0.15) is 5.10 Å². The van der Waals surface area contributed by atoms with Crippen molar-refractivity contribution in [1.82, 2.24) is 10.4 Å². The number of nitrogens with zero attached hydrogens (tertiary/aromatic N) is 2. The van der Waals surface area contributed by atoms with Gasteiger partial charge in [0.25, 0.3) is 5.91 Å². The van der Waals surface area contributed by atoms with Gasteiger partial charge in [0.1, 0.15) is 0 Å². The molecule has 0 radical (unpaired) electrons. The van der Waals surface area contributed by atoms with Crippen molar-refractivity contribution >= 4 is 11.6 Å². The molecule has 1 heterocycles. The summed E-state index contributed by atoms with van der Waals surface area (Å²) in [7, 11) is 0. The lowest BCUT2D eigenvalue weighted by Crippen LogP contribution is -2.24. The maximum Gasteiger partial charge on any atom is 0.271 e. The first-order valence-corrected chi connectivity index (χ1v) is 7.01. The maximum absolute atomic E-state index is 12.0. The van der Waals surface area contributed by atoms with Gasteiger partial charge in [-0.15, -0.1) is 0 Å². The quantitative estimate of drug-likeness (QED) is 0.839. The van der Waals surface area contributed by atoms with E-state index in [-0.39, 0.29) is 5.91 Å². The fourth-order valence-electron chi connectivity index (χ4n) is 2.43. The Morgan fingerprint density at radius 3 is 2.70 bits per heavy atom. The third-order valence-corrected chi connectivity index (χ3v) is 3.62.